The molecule has 3 fully saturated rings. The maximum Gasteiger partial charge on any atom is 0.303 e. The first-order valence-corrected chi connectivity index (χ1v) is 14.1. The molecule has 0 aliphatic heterocycles. The van der Waals surface area contributed by atoms with E-state index in [0.29, 0.717) is 23.9 Å². The van der Waals surface area contributed by atoms with Gasteiger partial charge in [0.05, 0.1) is 16.3 Å². The zero-order valence-corrected chi connectivity index (χ0v) is 21.7. The van der Waals surface area contributed by atoms with Crippen molar-refractivity contribution in [2.75, 3.05) is 0 Å². The normalized spacial score (nSPS) is 25.2. The molecule has 4 atom stereocenters. The van der Waals surface area contributed by atoms with Crippen LogP contribution in [0.15, 0.2) is 81.9 Å². The molecule has 2 N–H and O–H groups in total. The second-order valence-corrected chi connectivity index (χ2v) is 12.2. The van der Waals surface area contributed by atoms with Crippen molar-refractivity contribution in [3.8, 4) is 0 Å². The van der Waals surface area contributed by atoms with Crippen LogP contribution in [0, 0.1) is 23.2 Å². The topological polar surface area (TPSA) is 108 Å². The van der Waals surface area contributed by atoms with Crippen LogP contribution in [0.2, 0.25) is 0 Å². The number of carboxylic acids is 1. The first kappa shape index (κ1) is 26.2. The highest BCUT2D eigenvalue weighted by Gasteiger charge is 2.58. The number of carboxylic acid groups (broad SMARTS) is 1. The predicted molar refractivity (Wildman–Crippen MR) is 140 cm³/mol. The molecule has 7 nitrogen and oxygen atoms in total. The molecule has 8 heteroatoms. The number of nitrogens with zero attached hydrogens (tertiary/aromatic N) is 2. The molecule has 0 amide bonds. The number of unbranched alkanes of at least 4 members (excludes halogenated alkanes) is 1. The first-order valence-electron chi connectivity index (χ1n) is 12.6. The molecule has 36 heavy (non-hydrogen) atoms. The van der Waals surface area contributed by atoms with E-state index in [1.54, 1.807) is 24.3 Å². The lowest BCUT2D eigenvalue weighted by Gasteiger charge is -2.62. The number of benzene rings is 2. The van der Waals surface area contributed by atoms with Gasteiger partial charge in [-0.15, -0.1) is 0 Å². The van der Waals surface area contributed by atoms with Crippen molar-refractivity contribution in [1.29, 1.82) is 0 Å². The van der Waals surface area contributed by atoms with Crippen molar-refractivity contribution in [2.24, 2.45) is 33.4 Å². The van der Waals surface area contributed by atoms with Crippen molar-refractivity contribution >= 4 is 27.4 Å². The van der Waals surface area contributed by atoms with Crippen molar-refractivity contribution < 1.29 is 18.3 Å². The van der Waals surface area contributed by atoms with Crippen LogP contribution < -0.4 is 4.72 Å². The summed E-state index contributed by atoms with van der Waals surface area (Å²) in [7, 11) is -3.70. The molecule has 2 bridgehead atoms. The van der Waals surface area contributed by atoms with E-state index in [9.17, 15) is 13.2 Å². The number of hydrogen-bond donors (Lipinski definition) is 2. The standard InChI is InChI=1S/C28H35N3O4S/c1-28(2)21-18-20(10-6-3-4-9-13-26(32)33)27(25(28)19-21)31-36(34,35)24-16-14-23(15-17-24)30-29-22-11-7-5-8-12-22/h3,5-8,11-12,14-17,20-21,25,27,31H,4,9-10,13,18-19H2,1-2H3,(H,32,33)/b6-3-,30-29?/t20-,21-,25-,27+/m0/s1. The average Bonchev–Trinajstić information content (AvgIpc) is 2.85. The summed E-state index contributed by atoms with van der Waals surface area (Å²) in [4.78, 5) is 10.9. The molecule has 0 unspecified atom stereocenters. The second kappa shape index (κ2) is 11.0. The molecule has 192 valence electrons. The van der Waals surface area contributed by atoms with Crippen LogP contribution in [0.1, 0.15) is 52.4 Å². The van der Waals surface area contributed by atoms with Crippen LogP contribution in [-0.2, 0) is 14.8 Å². The molecule has 0 spiro atoms. The van der Waals surface area contributed by atoms with E-state index >= 15 is 0 Å². The van der Waals surface area contributed by atoms with Gasteiger partial charge >= 0.3 is 5.97 Å². The number of carbonyl (C=O) groups is 1. The van der Waals surface area contributed by atoms with E-state index in [0.717, 1.165) is 31.4 Å². The van der Waals surface area contributed by atoms with Gasteiger partial charge in [-0.3, -0.25) is 4.79 Å². The van der Waals surface area contributed by atoms with E-state index in [2.05, 4.69) is 34.9 Å². The van der Waals surface area contributed by atoms with Crippen LogP contribution in [0.5, 0.6) is 0 Å². The number of azo groups is 1. The van der Waals surface area contributed by atoms with Crippen LogP contribution in [0.25, 0.3) is 0 Å². The Hall–Kier alpha value is -2.84. The molecular formula is C28H35N3O4S. The summed E-state index contributed by atoms with van der Waals surface area (Å²) >= 11 is 0. The summed E-state index contributed by atoms with van der Waals surface area (Å²) in [6.45, 7) is 4.50. The number of rotatable bonds is 11. The van der Waals surface area contributed by atoms with Crippen molar-refractivity contribution in [1.82, 2.24) is 4.72 Å². The Bertz CT molecular complexity index is 1210. The van der Waals surface area contributed by atoms with Gasteiger partial charge in [0.2, 0.25) is 10.0 Å². The quantitative estimate of drug-likeness (QED) is 0.201. The number of aliphatic carboxylic acids is 1. The van der Waals surface area contributed by atoms with Crippen LogP contribution in [0.4, 0.5) is 11.4 Å². The minimum atomic E-state index is -3.70. The monoisotopic (exact) mass is 509 g/mol. The number of hydrogen-bond acceptors (Lipinski definition) is 5. The zero-order chi connectivity index (χ0) is 25.8. The Balaban J connectivity index is 1.42. The lowest BCUT2D eigenvalue weighted by molar-refractivity contribution is -0.137. The van der Waals surface area contributed by atoms with Gasteiger partial charge < -0.3 is 5.11 Å². The zero-order valence-electron chi connectivity index (χ0n) is 20.9. The second-order valence-electron chi connectivity index (χ2n) is 10.5. The Morgan fingerprint density at radius 1 is 1.03 bits per heavy atom. The van der Waals surface area contributed by atoms with Gasteiger partial charge in [-0.25, -0.2) is 13.1 Å². The molecule has 0 heterocycles. The molecule has 3 aliphatic carbocycles. The lowest BCUT2D eigenvalue weighted by atomic mass is 9.45. The maximum atomic E-state index is 13.4. The predicted octanol–water partition coefficient (Wildman–Crippen LogP) is 6.63. The minimum Gasteiger partial charge on any atom is -0.481 e. The molecule has 2 aromatic rings. The fraction of sp³-hybridized carbons (Fsp3) is 0.464. The molecular weight excluding hydrogens is 474 g/mol. The van der Waals surface area contributed by atoms with Crippen molar-refractivity contribution in [2.45, 2.75) is 63.3 Å². The van der Waals surface area contributed by atoms with Gasteiger partial charge in [-0.2, -0.15) is 10.2 Å². The molecule has 5 rings (SSSR count). The summed E-state index contributed by atoms with van der Waals surface area (Å²) in [5.41, 5.74) is 1.44. The van der Waals surface area contributed by atoms with E-state index in [1.807, 2.05) is 36.4 Å². The molecule has 0 saturated heterocycles. The van der Waals surface area contributed by atoms with Gasteiger partial charge in [0.1, 0.15) is 0 Å². The highest BCUT2D eigenvalue weighted by molar-refractivity contribution is 7.89. The Labute approximate surface area is 213 Å². The maximum absolute atomic E-state index is 13.4. The van der Waals surface area contributed by atoms with Crippen molar-refractivity contribution in [3.63, 3.8) is 0 Å². The third-order valence-corrected chi connectivity index (χ3v) is 9.39. The first-order chi connectivity index (χ1) is 17.2. The SMILES string of the molecule is CC1(C)[C@H]2C[C@H](C/C=C\CCCC(=O)O)[C@@H](NS(=O)(=O)c3ccc(N=Nc4ccccc4)cc3)[C@@H]1C2. The highest BCUT2D eigenvalue weighted by Crippen LogP contribution is 2.61. The fourth-order valence-electron chi connectivity index (χ4n) is 5.64. The summed E-state index contributed by atoms with van der Waals surface area (Å²) in [6.07, 6.45) is 8.48. The van der Waals surface area contributed by atoms with E-state index in [1.165, 1.54) is 0 Å². The van der Waals surface area contributed by atoms with E-state index in [-0.39, 0.29) is 28.7 Å². The third kappa shape index (κ3) is 6.10. The summed E-state index contributed by atoms with van der Waals surface area (Å²) in [5, 5.41) is 17.2. The van der Waals surface area contributed by atoms with Gasteiger partial charge in [-0.1, -0.05) is 44.2 Å². The molecule has 0 aromatic heterocycles. The van der Waals surface area contributed by atoms with E-state index < -0.39 is 16.0 Å². The Morgan fingerprint density at radius 3 is 2.33 bits per heavy atom. The smallest absolute Gasteiger partial charge is 0.303 e. The Morgan fingerprint density at radius 2 is 1.69 bits per heavy atom. The minimum absolute atomic E-state index is 0.122. The molecule has 3 saturated carbocycles. The third-order valence-electron chi connectivity index (χ3n) is 7.92. The van der Waals surface area contributed by atoms with E-state index in [4.69, 9.17) is 5.11 Å². The largest absolute Gasteiger partial charge is 0.481 e. The number of fused-ring (bicyclic) bond motifs is 2. The molecule has 0 radical (unpaired) electrons. The average molecular weight is 510 g/mol. The Kier molecular flexibility index (Phi) is 8.05. The van der Waals surface area contributed by atoms with Crippen molar-refractivity contribution in [3.05, 3.63) is 66.7 Å². The molecule has 3 aliphatic rings. The molecule has 2 aromatic carbocycles. The number of allylic oxidation sites excluding steroid dienone is 2. The fourth-order valence-corrected chi connectivity index (χ4v) is 6.98. The summed E-state index contributed by atoms with van der Waals surface area (Å²) < 4.78 is 29.8. The summed E-state index contributed by atoms with van der Waals surface area (Å²) in [6, 6.07) is 15.8. The van der Waals surface area contributed by atoms with Crippen LogP contribution >= 0.6 is 0 Å². The number of sulfonamides is 1. The van der Waals surface area contributed by atoms with Gasteiger partial charge in [0, 0.05) is 12.5 Å². The highest BCUT2D eigenvalue weighted by atomic mass is 32.2. The lowest BCUT2D eigenvalue weighted by Crippen LogP contribution is -2.63. The van der Waals surface area contributed by atoms with Crippen LogP contribution in [-0.4, -0.2) is 25.5 Å². The summed E-state index contributed by atoms with van der Waals surface area (Å²) in [5.74, 6) is 0.365. The van der Waals surface area contributed by atoms with Crippen LogP contribution in [0.3, 0.4) is 0 Å². The van der Waals surface area contributed by atoms with Gasteiger partial charge in [0.15, 0.2) is 0 Å². The van der Waals surface area contributed by atoms with Gasteiger partial charge in [-0.05, 0) is 91.7 Å². The number of nitrogens with one attached hydrogen (secondary N) is 1. The van der Waals surface area contributed by atoms with Gasteiger partial charge in [0.25, 0.3) is 0 Å².